The molecule has 2 heterocycles. The highest BCUT2D eigenvalue weighted by Gasteiger charge is 2.14. The molecule has 0 aliphatic carbocycles. The maximum absolute atomic E-state index is 8.43. The van der Waals surface area contributed by atoms with E-state index in [2.05, 4.69) is 34.7 Å². The molecule has 134 valence electrons. The molecule has 1 aliphatic rings. The Morgan fingerprint density at radius 3 is 2.80 bits per heavy atom. The lowest BCUT2D eigenvalue weighted by atomic mass is 10.2. The Morgan fingerprint density at radius 2 is 2.08 bits per heavy atom. The highest BCUT2D eigenvalue weighted by molar-refractivity contribution is 7.99. The number of anilines is 1. The number of rotatable bonds is 7. The van der Waals surface area contributed by atoms with E-state index in [1.807, 2.05) is 30.0 Å². The van der Waals surface area contributed by atoms with E-state index in [9.17, 15) is 0 Å². The van der Waals surface area contributed by atoms with Crippen molar-refractivity contribution in [2.24, 2.45) is 10.2 Å². The third-order valence-electron chi connectivity index (χ3n) is 3.29. The number of benzene rings is 1. The van der Waals surface area contributed by atoms with Gasteiger partial charge in [-0.15, -0.1) is 19.7 Å². The minimum atomic E-state index is 0.379. The zero-order valence-electron chi connectivity index (χ0n) is 13.2. The molecular weight excluding hydrogens is 386 g/mol. The average molecular weight is 401 g/mol. The molecule has 0 atom stereocenters. The summed E-state index contributed by atoms with van der Waals surface area (Å²) < 4.78 is 9.55. The standard InChI is InChI=1S/C13H15N5O4S3/c1-20-13-17-16-12(24-13)15-14-10-3-2-9(8-11(10)25-22-21-19)18-4-6-23-7-5-18/h2-3,8,19H,4-7H2,1H3. The smallest absolute Gasteiger partial charge is 0.295 e. The van der Waals surface area contributed by atoms with E-state index in [0.717, 1.165) is 42.3 Å². The van der Waals surface area contributed by atoms with Crippen molar-refractivity contribution in [3.63, 3.8) is 0 Å². The number of azo groups is 1. The molecule has 0 saturated carbocycles. The molecule has 1 fully saturated rings. The largest absolute Gasteiger partial charge is 0.472 e. The number of thioether (sulfide) groups is 1. The topological polar surface area (TPSA) is 102 Å². The first-order valence-corrected chi connectivity index (χ1v) is 9.92. The zero-order valence-corrected chi connectivity index (χ0v) is 15.6. The van der Waals surface area contributed by atoms with Gasteiger partial charge in [-0.05, 0) is 29.5 Å². The summed E-state index contributed by atoms with van der Waals surface area (Å²) in [5, 5.41) is 28.8. The first kappa shape index (κ1) is 18.4. The van der Waals surface area contributed by atoms with Crippen LogP contribution in [0.4, 0.5) is 16.5 Å². The van der Waals surface area contributed by atoms with Gasteiger partial charge in [0.25, 0.3) is 10.3 Å². The van der Waals surface area contributed by atoms with Crippen molar-refractivity contribution in [3.05, 3.63) is 18.2 Å². The SMILES string of the molecule is COc1nnc(N=Nc2ccc(N3CCSCC3)cc2SOOO)s1. The van der Waals surface area contributed by atoms with Crippen LogP contribution in [-0.4, -0.2) is 47.2 Å². The maximum atomic E-state index is 8.43. The number of ether oxygens (including phenoxy) is 1. The summed E-state index contributed by atoms with van der Waals surface area (Å²) >= 11 is 3.98. The normalized spacial score (nSPS) is 15.0. The summed E-state index contributed by atoms with van der Waals surface area (Å²) in [6, 6.07) is 5.74. The molecular formula is C13H15N5O4S3. The van der Waals surface area contributed by atoms with Crippen molar-refractivity contribution in [2.45, 2.75) is 4.90 Å². The summed E-state index contributed by atoms with van der Waals surface area (Å²) in [5.41, 5.74) is 1.62. The van der Waals surface area contributed by atoms with Crippen LogP contribution in [0.25, 0.3) is 0 Å². The van der Waals surface area contributed by atoms with Crippen LogP contribution in [0.15, 0.2) is 33.3 Å². The predicted octanol–water partition coefficient (Wildman–Crippen LogP) is 3.94. The second-order valence-corrected chi connectivity index (χ2v) is 7.62. The zero-order chi connectivity index (χ0) is 17.5. The summed E-state index contributed by atoms with van der Waals surface area (Å²) in [5.74, 6) is 2.19. The molecule has 12 heteroatoms. The van der Waals surface area contributed by atoms with Gasteiger partial charge in [-0.1, -0.05) is 10.1 Å². The quantitative estimate of drug-likeness (QED) is 0.320. The monoisotopic (exact) mass is 401 g/mol. The molecule has 1 aromatic heterocycles. The van der Waals surface area contributed by atoms with Gasteiger partial charge in [0.2, 0.25) is 0 Å². The lowest BCUT2D eigenvalue weighted by molar-refractivity contribution is -0.432. The summed E-state index contributed by atoms with van der Waals surface area (Å²) in [4.78, 5) is 2.95. The molecule has 0 unspecified atom stereocenters. The Bertz CT molecular complexity index is 723. The minimum Gasteiger partial charge on any atom is -0.472 e. The molecule has 0 amide bonds. The van der Waals surface area contributed by atoms with Crippen LogP contribution >= 0.6 is 35.1 Å². The van der Waals surface area contributed by atoms with E-state index >= 15 is 0 Å². The van der Waals surface area contributed by atoms with Crippen molar-refractivity contribution < 1.29 is 19.4 Å². The van der Waals surface area contributed by atoms with Crippen LogP contribution in [0.2, 0.25) is 0 Å². The molecule has 1 saturated heterocycles. The van der Waals surface area contributed by atoms with E-state index in [1.54, 1.807) is 0 Å². The molecule has 3 rings (SSSR count). The average Bonchev–Trinajstić information content (AvgIpc) is 3.14. The lowest BCUT2D eigenvalue weighted by Crippen LogP contribution is -2.32. The van der Waals surface area contributed by atoms with Crippen LogP contribution in [0, 0.1) is 0 Å². The second-order valence-electron chi connectivity index (χ2n) is 4.73. The Labute approximate surface area is 156 Å². The van der Waals surface area contributed by atoms with Crippen LogP contribution in [0.1, 0.15) is 0 Å². The van der Waals surface area contributed by atoms with Crippen molar-refractivity contribution in [1.82, 2.24) is 10.2 Å². The Morgan fingerprint density at radius 1 is 1.24 bits per heavy atom. The maximum Gasteiger partial charge on any atom is 0.295 e. The minimum absolute atomic E-state index is 0.379. The van der Waals surface area contributed by atoms with E-state index < -0.39 is 0 Å². The van der Waals surface area contributed by atoms with E-state index in [4.69, 9.17) is 9.99 Å². The van der Waals surface area contributed by atoms with Gasteiger partial charge in [-0.3, -0.25) is 0 Å². The number of nitrogens with zero attached hydrogens (tertiary/aromatic N) is 5. The number of hydrogen-bond donors (Lipinski definition) is 1. The molecule has 1 aliphatic heterocycles. The third kappa shape index (κ3) is 5.03. The van der Waals surface area contributed by atoms with Crippen molar-refractivity contribution in [3.8, 4) is 5.19 Å². The van der Waals surface area contributed by atoms with Crippen molar-refractivity contribution in [2.75, 3.05) is 36.6 Å². The number of methoxy groups -OCH3 is 1. The molecule has 1 N–H and O–H groups in total. The van der Waals surface area contributed by atoms with Gasteiger partial charge in [0.1, 0.15) is 5.69 Å². The fourth-order valence-electron chi connectivity index (χ4n) is 2.14. The van der Waals surface area contributed by atoms with Gasteiger partial charge < -0.3 is 9.64 Å². The Kier molecular flexibility index (Phi) is 6.84. The molecule has 1 aromatic carbocycles. The summed E-state index contributed by atoms with van der Waals surface area (Å²) in [6.45, 7) is 1.97. The molecule has 25 heavy (non-hydrogen) atoms. The Balaban J connectivity index is 1.81. The molecule has 2 aromatic rings. The van der Waals surface area contributed by atoms with Gasteiger partial charge in [-0.2, -0.15) is 11.8 Å². The third-order valence-corrected chi connectivity index (χ3v) is 5.63. The van der Waals surface area contributed by atoms with Crippen LogP contribution in [0.5, 0.6) is 5.19 Å². The van der Waals surface area contributed by atoms with Crippen molar-refractivity contribution in [1.29, 1.82) is 0 Å². The summed E-state index contributed by atoms with van der Waals surface area (Å²) in [6.07, 6.45) is 0. The highest BCUT2D eigenvalue weighted by atomic mass is 32.2. The fraction of sp³-hybridized carbons (Fsp3) is 0.385. The first-order chi connectivity index (χ1) is 12.3. The van der Waals surface area contributed by atoms with E-state index in [0.29, 0.717) is 20.9 Å². The van der Waals surface area contributed by atoms with Gasteiger partial charge in [0.15, 0.2) is 0 Å². The van der Waals surface area contributed by atoms with Crippen LogP contribution in [0.3, 0.4) is 0 Å². The summed E-state index contributed by atoms with van der Waals surface area (Å²) in [7, 11) is 1.51. The van der Waals surface area contributed by atoms with Gasteiger partial charge >= 0.3 is 0 Å². The Hall–Kier alpha value is -1.44. The fourth-order valence-corrected chi connectivity index (χ4v) is 4.00. The van der Waals surface area contributed by atoms with E-state index in [-0.39, 0.29) is 0 Å². The van der Waals surface area contributed by atoms with Gasteiger partial charge in [0, 0.05) is 30.3 Å². The van der Waals surface area contributed by atoms with Crippen molar-refractivity contribution >= 4 is 51.6 Å². The number of hydrogen-bond acceptors (Lipinski definition) is 12. The lowest BCUT2D eigenvalue weighted by Gasteiger charge is -2.28. The van der Waals surface area contributed by atoms with Crippen LogP contribution in [-0.2, 0) is 9.37 Å². The first-order valence-electron chi connectivity index (χ1n) is 7.21. The molecule has 0 radical (unpaired) electrons. The van der Waals surface area contributed by atoms with Crippen LogP contribution < -0.4 is 9.64 Å². The molecule has 0 bridgehead atoms. The highest BCUT2D eigenvalue weighted by Crippen LogP contribution is 2.36. The number of aromatic nitrogens is 2. The molecule has 0 spiro atoms. The van der Waals surface area contributed by atoms with Gasteiger partial charge in [0.05, 0.1) is 24.0 Å². The molecule has 9 nitrogen and oxygen atoms in total. The second kappa shape index (κ2) is 9.31. The van der Waals surface area contributed by atoms with E-state index in [1.165, 1.54) is 18.4 Å². The predicted molar refractivity (Wildman–Crippen MR) is 97.3 cm³/mol. The van der Waals surface area contributed by atoms with Gasteiger partial charge in [-0.25, -0.2) is 5.26 Å².